The van der Waals surface area contributed by atoms with Gasteiger partial charge in [0.25, 0.3) is 0 Å². The van der Waals surface area contributed by atoms with Crippen molar-refractivity contribution >= 4 is 11.8 Å². The standard InChI is InChI=1S/C18H31N3O3/c1-2-3-11-21-15(22)13-20-16(23)17(21)9-10-19-14(12-17)18(24)7-5-4-6-8-18/h14,19,24H,2-13H2,1H3,(H,20,23). The van der Waals surface area contributed by atoms with Gasteiger partial charge in [-0.3, -0.25) is 9.59 Å². The minimum absolute atomic E-state index is 0.0133. The predicted octanol–water partition coefficient (Wildman–Crippen LogP) is 0.931. The Kier molecular flexibility index (Phi) is 5.16. The first-order chi connectivity index (χ1) is 11.5. The summed E-state index contributed by atoms with van der Waals surface area (Å²) in [4.78, 5) is 27.1. The van der Waals surface area contributed by atoms with E-state index < -0.39 is 11.1 Å². The van der Waals surface area contributed by atoms with Gasteiger partial charge in [0, 0.05) is 12.6 Å². The number of piperazine rings is 1. The summed E-state index contributed by atoms with van der Waals surface area (Å²) in [5, 5.41) is 17.4. The van der Waals surface area contributed by atoms with E-state index in [1.54, 1.807) is 0 Å². The molecule has 3 aliphatic rings. The highest BCUT2D eigenvalue weighted by Gasteiger charge is 2.54. The molecule has 0 bridgehead atoms. The molecule has 1 saturated carbocycles. The molecule has 6 nitrogen and oxygen atoms in total. The van der Waals surface area contributed by atoms with Gasteiger partial charge in [0.05, 0.1) is 12.1 Å². The summed E-state index contributed by atoms with van der Waals surface area (Å²) >= 11 is 0. The number of carbonyl (C=O) groups excluding carboxylic acids is 2. The molecule has 136 valence electrons. The van der Waals surface area contributed by atoms with Crippen molar-refractivity contribution in [1.29, 1.82) is 0 Å². The number of nitrogens with one attached hydrogen (secondary N) is 2. The lowest BCUT2D eigenvalue weighted by Crippen LogP contribution is -2.73. The number of amides is 2. The number of hydrogen-bond acceptors (Lipinski definition) is 4. The van der Waals surface area contributed by atoms with Gasteiger partial charge in [-0.2, -0.15) is 0 Å². The number of unbranched alkanes of at least 4 members (excludes halogenated alkanes) is 1. The summed E-state index contributed by atoms with van der Waals surface area (Å²) < 4.78 is 0. The largest absolute Gasteiger partial charge is 0.388 e. The first-order valence-corrected chi connectivity index (χ1v) is 9.56. The third-order valence-electron chi connectivity index (χ3n) is 6.21. The smallest absolute Gasteiger partial charge is 0.246 e. The summed E-state index contributed by atoms with van der Waals surface area (Å²) in [7, 11) is 0. The van der Waals surface area contributed by atoms with Gasteiger partial charge in [-0.15, -0.1) is 0 Å². The molecule has 3 rings (SSSR count). The monoisotopic (exact) mass is 337 g/mol. The molecule has 1 spiro atoms. The lowest BCUT2D eigenvalue weighted by molar-refractivity contribution is -0.159. The van der Waals surface area contributed by atoms with Crippen LogP contribution in [0.3, 0.4) is 0 Å². The van der Waals surface area contributed by atoms with E-state index in [1.807, 2.05) is 4.90 Å². The van der Waals surface area contributed by atoms with Crippen LogP contribution in [0.15, 0.2) is 0 Å². The van der Waals surface area contributed by atoms with E-state index in [2.05, 4.69) is 17.6 Å². The molecule has 3 fully saturated rings. The van der Waals surface area contributed by atoms with Crippen molar-refractivity contribution in [2.24, 2.45) is 0 Å². The van der Waals surface area contributed by atoms with Crippen LogP contribution in [0.25, 0.3) is 0 Å². The summed E-state index contributed by atoms with van der Waals surface area (Å²) in [6.45, 7) is 3.49. The van der Waals surface area contributed by atoms with Crippen LogP contribution in [0.5, 0.6) is 0 Å². The maximum Gasteiger partial charge on any atom is 0.246 e. The second-order valence-electron chi connectivity index (χ2n) is 7.74. The van der Waals surface area contributed by atoms with E-state index in [0.29, 0.717) is 25.9 Å². The van der Waals surface area contributed by atoms with Crippen LogP contribution < -0.4 is 10.6 Å². The first kappa shape index (κ1) is 17.7. The van der Waals surface area contributed by atoms with Crippen LogP contribution in [0.4, 0.5) is 0 Å². The Hall–Kier alpha value is -1.14. The topological polar surface area (TPSA) is 81.7 Å². The van der Waals surface area contributed by atoms with Gasteiger partial charge < -0.3 is 20.6 Å². The van der Waals surface area contributed by atoms with E-state index in [1.165, 1.54) is 6.42 Å². The zero-order chi connectivity index (χ0) is 17.2. The van der Waals surface area contributed by atoms with E-state index in [9.17, 15) is 14.7 Å². The first-order valence-electron chi connectivity index (χ1n) is 9.56. The molecular weight excluding hydrogens is 306 g/mol. The fraction of sp³-hybridized carbons (Fsp3) is 0.889. The van der Waals surface area contributed by atoms with E-state index in [-0.39, 0.29) is 24.4 Å². The van der Waals surface area contributed by atoms with Gasteiger partial charge in [-0.1, -0.05) is 32.6 Å². The second-order valence-corrected chi connectivity index (χ2v) is 7.74. The van der Waals surface area contributed by atoms with Crippen molar-refractivity contribution < 1.29 is 14.7 Å². The molecule has 0 aromatic rings. The maximum absolute atomic E-state index is 12.8. The van der Waals surface area contributed by atoms with Crippen molar-refractivity contribution in [3.05, 3.63) is 0 Å². The molecule has 2 amide bonds. The molecular formula is C18H31N3O3. The average molecular weight is 337 g/mol. The zero-order valence-corrected chi connectivity index (χ0v) is 14.8. The molecule has 6 heteroatoms. The quantitative estimate of drug-likeness (QED) is 0.713. The van der Waals surface area contributed by atoms with Crippen molar-refractivity contribution in [3.63, 3.8) is 0 Å². The molecule has 2 aliphatic heterocycles. The number of nitrogens with zero attached hydrogens (tertiary/aromatic N) is 1. The van der Waals surface area contributed by atoms with Gasteiger partial charge in [0.2, 0.25) is 11.8 Å². The fourth-order valence-electron chi connectivity index (χ4n) is 4.74. The summed E-state index contributed by atoms with van der Waals surface area (Å²) in [5.41, 5.74) is -1.53. The van der Waals surface area contributed by atoms with Crippen molar-refractivity contribution in [2.45, 2.75) is 81.9 Å². The fourth-order valence-corrected chi connectivity index (χ4v) is 4.74. The Morgan fingerprint density at radius 3 is 2.67 bits per heavy atom. The van der Waals surface area contributed by atoms with Crippen molar-refractivity contribution in [1.82, 2.24) is 15.5 Å². The third kappa shape index (κ3) is 3.06. The van der Waals surface area contributed by atoms with Gasteiger partial charge in [-0.05, 0) is 38.6 Å². The molecule has 3 N–H and O–H groups in total. The van der Waals surface area contributed by atoms with Gasteiger partial charge in [0.1, 0.15) is 5.54 Å². The molecule has 1 aliphatic carbocycles. The Labute approximate surface area is 144 Å². The van der Waals surface area contributed by atoms with Crippen molar-refractivity contribution in [2.75, 3.05) is 19.6 Å². The highest BCUT2D eigenvalue weighted by atomic mass is 16.3. The average Bonchev–Trinajstić information content (AvgIpc) is 2.59. The Balaban J connectivity index is 1.84. The minimum atomic E-state index is -0.784. The highest BCUT2D eigenvalue weighted by molar-refractivity contribution is 5.98. The van der Waals surface area contributed by atoms with Crippen LogP contribution in [0.2, 0.25) is 0 Å². The molecule has 2 unspecified atom stereocenters. The maximum atomic E-state index is 12.8. The summed E-state index contributed by atoms with van der Waals surface area (Å²) in [5.74, 6) is -0.0246. The molecule has 2 heterocycles. The van der Waals surface area contributed by atoms with Crippen LogP contribution >= 0.6 is 0 Å². The van der Waals surface area contributed by atoms with Crippen LogP contribution in [-0.4, -0.2) is 58.6 Å². The molecule has 2 saturated heterocycles. The second kappa shape index (κ2) is 7.00. The predicted molar refractivity (Wildman–Crippen MR) is 91.4 cm³/mol. The Bertz CT molecular complexity index is 490. The number of rotatable bonds is 4. The third-order valence-corrected chi connectivity index (χ3v) is 6.21. The molecule has 2 atom stereocenters. The molecule has 24 heavy (non-hydrogen) atoms. The SMILES string of the molecule is CCCCN1C(=O)CNC(=O)C12CCNC(C1(O)CCCCC1)C2. The number of piperidine rings is 1. The van der Waals surface area contributed by atoms with Crippen LogP contribution in [0.1, 0.15) is 64.7 Å². The molecule has 0 aromatic carbocycles. The highest BCUT2D eigenvalue weighted by Crippen LogP contribution is 2.39. The molecule has 0 aromatic heterocycles. The number of aliphatic hydroxyl groups is 1. The van der Waals surface area contributed by atoms with E-state index in [0.717, 1.165) is 38.5 Å². The summed E-state index contributed by atoms with van der Waals surface area (Å²) in [6.07, 6.45) is 7.85. The van der Waals surface area contributed by atoms with Gasteiger partial charge in [-0.25, -0.2) is 0 Å². The summed E-state index contributed by atoms with van der Waals surface area (Å²) in [6, 6.07) is -0.118. The number of hydrogen-bond donors (Lipinski definition) is 3. The van der Waals surface area contributed by atoms with Crippen LogP contribution in [-0.2, 0) is 9.59 Å². The van der Waals surface area contributed by atoms with Crippen LogP contribution in [0, 0.1) is 0 Å². The minimum Gasteiger partial charge on any atom is -0.388 e. The number of carbonyl (C=O) groups is 2. The zero-order valence-electron chi connectivity index (χ0n) is 14.8. The lowest BCUT2D eigenvalue weighted by atomic mass is 9.70. The lowest BCUT2D eigenvalue weighted by Gasteiger charge is -2.53. The van der Waals surface area contributed by atoms with Gasteiger partial charge >= 0.3 is 0 Å². The molecule has 0 radical (unpaired) electrons. The Morgan fingerprint density at radius 2 is 1.96 bits per heavy atom. The van der Waals surface area contributed by atoms with Crippen molar-refractivity contribution in [3.8, 4) is 0 Å². The van der Waals surface area contributed by atoms with E-state index in [4.69, 9.17) is 0 Å². The Morgan fingerprint density at radius 1 is 1.21 bits per heavy atom. The van der Waals surface area contributed by atoms with E-state index >= 15 is 0 Å². The normalized spacial score (nSPS) is 33.6. The van der Waals surface area contributed by atoms with Gasteiger partial charge in [0.15, 0.2) is 0 Å².